The lowest BCUT2D eigenvalue weighted by atomic mass is 10.1. The van der Waals surface area contributed by atoms with E-state index in [1.165, 1.54) is 6.20 Å². The summed E-state index contributed by atoms with van der Waals surface area (Å²) in [5.41, 5.74) is 1.89. The molecule has 106 valence electrons. The zero-order valence-electron chi connectivity index (χ0n) is 9.86. The molecular weight excluding hydrogens is 419 g/mol. The molecule has 0 aliphatic heterocycles. The van der Waals surface area contributed by atoms with E-state index in [2.05, 4.69) is 41.6 Å². The van der Waals surface area contributed by atoms with Crippen molar-refractivity contribution in [3.8, 4) is 17.0 Å². The largest absolute Gasteiger partial charge is 0.416 e. The third-order valence-electron chi connectivity index (χ3n) is 2.46. The van der Waals surface area contributed by atoms with Gasteiger partial charge in [-0.25, -0.2) is 4.98 Å². The van der Waals surface area contributed by atoms with E-state index in [9.17, 15) is 8.78 Å². The van der Waals surface area contributed by atoms with Crippen LogP contribution in [0.15, 0.2) is 36.5 Å². The molecule has 1 aromatic heterocycles. The Labute approximate surface area is 136 Å². The summed E-state index contributed by atoms with van der Waals surface area (Å²) >= 11 is 12.6. The summed E-state index contributed by atoms with van der Waals surface area (Å²) in [5.74, 6) is -0.133. The van der Waals surface area contributed by atoms with Crippen LogP contribution in [-0.4, -0.2) is 11.6 Å². The molecule has 0 aliphatic rings. The minimum Gasteiger partial charge on any atom is -0.416 e. The van der Waals surface area contributed by atoms with Crippen molar-refractivity contribution >= 4 is 43.5 Å². The standard InChI is InChI=1S/C13H8Br2ClF2NO/c14-11(15)8-5-10(7-2-1-3-9(16)4-7)12(19-6-8)20-13(17)18/h1-6,11,13H. The first-order valence-electron chi connectivity index (χ1n) is 5.46. The van der Waals surface area contributed by atoms with Gasteiger partial charge in [-0.05, 0) is 29.3 Å². The highest BCUT2D eigenvalue weighted by molar-refractivity contribution is 9.24. The Balaban J connectivity index is 2.54. The van der Waals surface area contributed by atoms with Crippen molar-refractivity contribution in [1.82, 2.24) is 4.98 Å². The Morgan fingerprint density at radius 3 is 2.55 bits per heavy atom. The topological polar surface area (TPSA) is 22.1 Å². The lowest BCUT2D eigenvalue weighted by Crippen LogP contribution is -2.05. The van der Waals surface area contributed by atoms with Crippen molar-refractivity contribution in [2.45, 2.75) is 10.3 Å². The number of rotatable bonds is 4. The lowest BCUT2D eigenvalue weighted by molar-refractivity contribution is -0.0524. The van der Waals surface area contributed by atoms with Crippen LogP contribution in [-0.2, 0) is 0 Å². The second-order valence-electron chi connectivity index (χ2n) is 3.81. The Kier molecular flexibility index (Phi) is 5.35. The summed E-state index contributed by atoms with van der Waals surface area (Å²) in [7, 11) is 0. The fraction of sp³-hybridized carbons (Fsp3) is 0.154. The molecule has 0 saturated carbocycles. The fourth-order valence-corrected chi connectivity index (χ4v) is 2.32. The number of aromatic nitrogens is 1. The third-order valence-corrected chi connectivity index (χ3v) is 3.75. The number of alkyl halides is 4. The molecule has 20 heavy (non-hydrogen) atoms. The highest BCUT2D eigenvalue weighted by Crippen LogP contribution is 2.36. The van der Waals surface area contributed by atoms with Crippen molar-refractivity contribution in [2.24, 2.45) is 0 Å². The molecule has 0 saturated heterocycles. The van der Waals surface area contributed by atoms with Crippen LogP contribution in [0, 0.1) is 0 Å². The van der Waals surface area contributed by atoms with E-state index in [1.54, 1.807) is 30.3 Å². The summed E-state index contributed by atoms with van der Waals surface area (Å²) in [5, 5.41) is 0.505. The first kappa shape index (κ1) is 15.7. The van der Waals surface area contributed by atoms with Gasteiger partial charge in [0.1, 0.15) is 0 Å². The van der Waals surface area contributed by atoms with Gasteiger partial charge in [0.05, 0.1) is 3.74 Å². The van der Waals surface area contributed by atoms with Gasteiger partial charge in [-0.3, -0.25) is 0 Å². The SMILES string of the molecule is FC(F)Oc1ncc(C(Br)Br)cc1-c1cccc(Cl)c1. The molecule has 0 N–H and O–H groups in total. The van der Waals surface area contributed by atoms with Crippen LogP contribution in [0.4, 0.5) is 8.78 Å². The van der Waals surface area contributed by atoms with Crippen LogP contribution in [0.25, 0.3) is 11.1 Å². The number of ether oxygens (including phenoxy) is 1. The normalized spacial score (nSPS) is 11.2. The summed E-state index contributed by atoms with van der Waals surface area (Å²) in [4.78, 5) is 3.94. The maximum absolute atomic E-state index is 12.4. The van der Waals surface area contributed by atoms with E-state index < -0.39 is 6.61 Å². The number of hydrogen-bond acceptors (Lipinski definition) is 2. The van der Waals surface area contributed by atoms with E-state index in [-0.39, 0.29) is 9.62 Å². The highest BCUT2D eigenvalue weighted by atomic mass is 79.9. The van der Waals surface area contributed by atoms with E-state index in [1.807, 2.05) is 0 Å². The van der Waals surface area contributed by atoms with Crippen LogP contribution >= 0.6 is 43.5 Å². The van der Waals surface area contributed by atoms with Crippen LogP contribution in [0.1, 0.15) is 9.30 Å². The molecule has 0 atom stereocenters. The third kappa shape index (κ3) is 3.90. The molecule has 0 bridgehead atoms. The zero-order valence-corrected chi connectivity index (χ0v) is 13.8. The molecule has 1 aromatic carbocycles. The van der Waals surface area contributed by atoms with Crippen LogP contribution < -0.4 is 4.74 Å². The van der Waals surface area contributed by atoms with Gasteiger partial charge in [-0.1, -0.05) is 55.6 Å². The average Bonchev–Trinajstić information content (AvgIpc) is 2.38. The maximum atomic E-state index is 12.4. The van der Waals surface area contributed by atoms with Crippen molar-refractivity contribution in [3.05, 3.63) is 47.1 Å². The number of nitrogens with zero attached hydrogens (tertiary/aromatic N) is 1. The molecule has 0 fully saturated rings. The molecule has 0 unspecified atom stereocenters. The number of benzene rings is 1. The highest BCUT2D eigenvalue weighted by Gasteiger charge is 2.15. The van der Waals surface area contributed by atoms with Gasteiger partial charge in [-0.15, -0.1) is 0 Å². The Hall–Kier alpha value is -0.720. The van der Waals surface area contributed by atoms with Gasteiger partial charge in [0.15, 0.2) is 0 Å². The van der Waals surface area contributed by atoms with Gasteiger partial charge in [-0.2, -0.15) is 8.78 Å². The van der Waals surface area contributed by atoms with E-state index in [0.717, 1.165) is 5.56 Å². The monoisotopic (exact) mass is 425 g/mol. The van der Waals surface area contributed by atoms with E-state index in [0.29, 0.717) is 16.1 Å². The van der Waals surface area contributed by atoms with Crippen molar-refractivity contribution in [1.29, 1.82) is 0 Å². The molecule has 7 heteroatoms. The molecule has 2 rings (SSSR count). The molecule has 2 nitrogen and oxygen atoms in total. The molecular formula is C13H8Br2ClF2NO. The smallest absolute Gasteiger partial charge is 0.388 e. The molecule has 0 aliphatic carbocycles. The summed E-state index contributed by atoms with van der Waals surface area (Å²) < 4.78 is 29.2. The van der Waals surface area contributed by atoms with Crippen molar-refractivity contribution in [2.75, 3.05) is 0 Å². The zero-order chi connectivity index (χ0) is 14.7. The Morgan fingerprint density at radius 1 is 1.20 bits per heavy atom. The summed E-state index contributed by atoms with van der Waals surface area (Å²) in [6, 6.07) is 8.56. The molecule has 1 heterocycles. The number of halogens is 5. The van der Waals surface area contributed by atoms with E-state index in [4.69, 9.17) is 11.6 Å². The van der Waals surface area contributed by atoms with Gasteiger partial charge in [0.2, 0.25) is 5.88 Å². The Bertz CT molecular complexity index is 611. The lowest BCUT2D eigenvalue weighted by Gasteiger charge is -2.12. The molecule has 2 aromatic rings. The van der Waals surface area contributed by atoms with Gasteiger partial charge < -0.3 is 4.74 Å². The minimum absolute atomic E-state index is 0.133. The minimum atomic E-state index is -2.94. The maximum Gasteiger partial charge on any atom is 0.388 e. The van der Waals surface area contributed by atoms with Crippen molar-refractivity contribution in [3.63, 3.8) is 0 Å². The first-order valence-corrected chi connectivity index (χ1v) is 7.67. The molecule has 0 radical (unpaired) electrons. The molecule has 0 amide bonds. The van der Waals surface area contributed by atoms with Crippen LogP contribution in [0.3, 0.4) is 0 Å². The van der Waals surface area contributed by atoms with Gasteiger partial charge in [0, 0.05) is 16.8 Å². The predicted octanol–water partition coefficient (Wildman–Crippen LogP) is 5.79. The van der Waals surface area contributed by atoms with Gasteiger partial charge in [0.25, 0.3) is 0 Å². The van der Waals surface area contributed by atoms with Crippen molar-refractivity contribution < 1.29 is 13.5 Å². The quantitative estimate of drug-likeness (QED) is 0.576. The molecule has 0 spiro atoms. The number of hydrogen-bond donors (Lipinski definition) is 0. The number of pyridine rings is 1. The van der Waals surface area contributed by atoms with Gasteiger partial charge >= 0.3 is 6.61 Å². The van der Waals surface area contributed by atoms with Crippen LogP contribution in [0.2, 0.25) is 5.02 Å². The average molecular weight is 427 g/mol. The fourth-order valence-electron chi connectivity index (χ4n) is 1.63. The van der Waals surface area contributed by atoms with E-state index >= 15 is 0 Å². The second-order valence-corrected chi connectivity index (χ2v) is 7.31. The second kappa shape index (κ2) is 6.83. The summed E-state index contributed by atoms with van der Waals surface area (Å²) in [6.45, 7) is -2.94. The van der Waals surface area contributed by atoms with Crippen LogP contribution in [0.5, 0.6) is 5.88 Å². The predicted molar refractivity (Wildman–Crippen MR) is 81.9 cm³/mol. The first-order chi connectivity index (χ1) is 9.47. The summed E-state index contributed by atoms with van der Waals surface area (Å²) in [6.07, 6.45) is 1.46. The Morgan fingerprint density at radius 2 is 1.95 bits per heavy atom.